The van der Waals surface area contributed by atoms with E-state index in [-0.39, 0.29) is 0 Å². The summed E-state index contributed by atoms with van der Waals surface area (Å²) in [5, 5.41) is 3.75. The maximum Gasteiger partial charge on any atom is 0.0208 e. The van der Waals surface area contributed by atoms with Gasteiger partial charge in [0, 0.05) is 25.2 Å². The third-order valence-corrected chi connectivity index (χ3v) is 4.73. The first-order valence-corrected chi connectivity index (χ1v) is 7.93. The van der Waals surface area contributed by atoms with Crippen LogP contribution in [-0.4, -0.2) is 30.1 Å². The fraction of sp³-hybridized carbons (Fsp3) is 0.647. The first-order valence-electron chi connectivity index (χ1n) is 7.93. The van der Waals surface area contributed by atoms with E-state index in [1.54, 1.807) is 0 Å². The number of piperidine rings is 1. The van der Waals surface area contributed by atoms with Crippen LogP contribution in [0.5, 0.6) is 0 Å². The number of hydrogen-bond acceptors (Lipinski definition) is 2. The number of nitrogens with one attached hydrogen (secondary N) is 1. The van der Waals surface area contributed by atoms with Gasteiger partial charge in [-0.2, -0.15) is 0 Å². The Hall–Kier alpha value is -0.860. The lowest BCUT2D eigenvalue weighted by Crippen LogP contribution is -2.48. The van der Waals surface area contributed by atoms with Crippen molar-refractivity contribution >= 4 is 0 Å². The second-order valence-electron chi connectivity index (χ2n) is 6.14. The maximum absolute atomic E-state index is 3.75. The van der Waals surface area contributed by atoms with Crippen molar-refractivity contribution in [3.63, 3.8) is 0 Å². The molecule has 0 bridgehead atoms. The Bertz CT molecular complexity index is 370. The van der Waals surface area contributed by atoms with Crippen molar-refractivity contribution in [2.24, 2.45) is 0 Å². The minimum Gasteiger partial charge on any atom is -0.309 e. The molecule has 2 aliphatic rings. The van der Waals surface area contributed by atoms with Gasteiger partial charge in [-0.1, -0.05) is 43.2 Å². The van der Waals surface area contributed by atoms with E-state index in [2.05, 4.69) is 40.5 Å². The summed E-state index contributed by atoms with van der Waals surface area (Å²) in [7, 11) is 0. The van der Waals surface area contributed by atoms with Crippen LogP contribution in [0.1, 0.15) is 44.1 Å². The third-order valence-electron chi connectivity index (χ3n) is 4.73. The second kappa shape index (κ2) is 6.53. The highest BCUT2D eigenvalue weighted by molar-refractivity contribution is 5.14. The smallest absolute Gasteiger partial charge is 0.0208 e. The van der Waals surface area contributed by atoms with Crippen LogP contribution in [0.2, 0.25) is 0 Å². The third kappa shape index (κ3) is 3.58. The van der Waals surface area contributed by atoms with Gasteiger partial charge in [-0.05, 0) is 37.8 Å². The summed E-state index contributed by atoms with van der Waals surface area (Å²) in [6, 6.07) is 12.3. The minimum atomic E-state index is 0.689. The van der Waals surface area contributed by atoms with Crippen LogP contribution >= 0.6 is 0 Å². The van der Waals surface area contributed by atoms with Gasteiger partial charge in [-0.3, -0.25) is 4.90 Å². The van der Waals surface area contributed by atoms with E-state index in [9.17, 15) is 0 Å². The van der Waals surface area contributed by atoms with Gasteiger partial charge in [0.1, 0.15) is 0 Å². The van der Waals surface area contributed by atoms with E-state index in [4.69, 9.17) is 0 Å². The molecule has 1 aromatic rings. The molecule has 1 heterocycles. The Morgan fingerprint density at radius 1 is 1.00 bits per heavy atom. The molecule has 2 fully saturated rings. The highest BCUT2D eigenvalue weighted by atomic mass is 15.2. The van der Waals surface area contributed by atoms with Crippen LogP contribution in [-0.2, 0) is 6.54 Å². The van der Waals surface area contributed by atoms with Crippen LogP contribution in [0.3, 0.4) is 0 Å². The Kier molecular flexibility index (Phi) is 4.52. The first kappa shape index (κ1) is 13.1. The van der Waals surface area contributed by atoms with Crippen molar-refractivity contribution < 1.29 is 0 Å². The average Bonchev–Trinajstić information content (AvgIpc) is 3.01. The highest BCUT2D eigenvalue weighted by Gasteiger charge is 2.27. The monoisotopic (exact) mass is 258 g/mol. The molecule has 3 rings (SSSR count). The van der Waals surface area contributed by atoms with E-state index >= 15 is 0 Å². The fourth-order valence-corrected chi connectivity index (χ4v) is 3.63. The molecule has 1 aliphatic heterocycles. The van der Waals surface area contributed by atoms with Crippen molar-refractivity contribution in [2.75, 3.05) is 13.1 Å². The number of nitrogens with zero attached hydrogens (tertiary/aromatic N) is 1. The van der Waals surface area contributed by atoms with Crippen molar-refractivity contribution in [1.82, 2.24) is 10.2 Å². The Balaban J connectivity index is 1.48. The number of rotatable bonds is 4. The Morgan fingerprint density at radius 2 is 1.79 bits per heavy atom. The lowest BCUT2D eigenvalue weighted by Gasteiger charge is -2.37. The lowest BCUT2D eigenvalue weighted by atomic mass is 10.0. The van der Waals surface area contributed by atoms with Gasteiger partial charge >= 0.3 is 0 Å². The Labute approximate surface area is 117 Å². The standard InChI is InChI=1S/C17H26N2/c1-2-7-15(8-3-1)13-18-16-9-6-12-19(14-16)17-10-4-5-11-17/h1-3,7-8,16-18H,4-6,9-14H2. The van der Waals surface area contributed by atoms with E-state index in [0.717, 1.165) is 12.6 Å². The molecule has 2 heteroatoms. The molecule has 0 amide bonds. The predicted octanol–water partition coefficient (Wildman–Crippen LogP) is 3.18. The van der Waals surface area contributed by atoms with Crippen molar-refractivity contribution in [1.29, 1.82) is 0 Å². The summed E-state index contributed by atoms with van der Waals surface area (Å²) in [5.74, 6) is 0. The maximum atomic E-state index is 3.75. The molecule has 0 aromatic heterocycles. The molecular weight excluding hydrogens is 232 g/mol. The van der Waals surface area contributed by atoms with Crippen molar-refractivity contribution in [2.45, 2.75) is 57.2 Å². The molecule has 1 saturated carbocycles. The quantitative estimate of drug-likeness (QED) is 0.892. The van der Waals surface area contributed by atoms with Gasteiger partial charge < -0.3 is 5.32 Å². The molecular formula is C17H26N2. The van der Waals surface area contributed by atoms with E-state index in [1.807, 2.05) is 0 Å². The molecule has 104 valence electrons. The van der Waals surface area contributed by atoms with Gasteiger partial charge in [0.05, 0.1) is 0 Å². The van der Waals surface area contributed by atoms with Gasteiger partial charge in [0.2, 0.25) is 0 Å². The lowest BCUT2D eigenvalue weighted by molar-refractivity contribution is 0.138. The average molecular weight is 258 g/mol. The summed E-state index contributed by atoms with van der Waals surface area (Å²) >= 11 is 0. The molecule has 1 unspecified atom stereocenters. The molecule has 1 saturated heterocycles. The van der Waals surface area contributed by atoms with E-state index in [1.165, 1.54) is 57.2 Å². The first-order chi connectivity index (χ1) is 9.42. The van der Waals surface area contributed by atoms with E-state index < -0.39 is 0 Å². The molecule has 19 heavy (non-hydrogen) atoms. The molecule has 0 spiro atoms. The van der Waals surface area contributed by atoms with Crippen LogP contribution in [0.4, 0.5) is 0 Å². The summed E-state index contributed by atoms with van der Waals surface area (Å²) < 4.78 is 0. The summed E-state index contributed by atoms with van der Waals surface area (Å²) in [6.45, 7) is 3.61. The number of hydrogen-bond donors (Lipinski definition) is 1. The van der Waals surface area contributed by atoms with Crippen LogP contribution in [0.15, 0.2) is 30.3 Å². The topological polar surface area (TPSA) is 15.3 Å². The zero-order valence-corrected chi connectivity index (χ0v) is 11.9. The Morgan fingerprint density at radius 3 is 2.58 bits per heavy atom. The van der Waals surface area contributed by atoms with Gasteiger partial charge in [0.15, 0.2) is 0 Å². The SMILES string of the molecule is c1ccc(CNC2CCCN(C3CCCC3)C2)cc1. The molecule has 1 N–H and O–H groups in total. The summed E-state index contributed by atoms with van der Waals surface area (Å²) in [4.78, 5) is 2.75. The number of benzene rings is 1. The number of likely N-dealkylation sites (tertiary alicyclic amines) is 1. The normalized spacial score (nSPS) is 25.8. The summed E-state index contributed by atoms with van der Waals surface area (Å²) in [6.07, 6.45) is 8.47. The van der Waals surface area contributed by atoms with Crippen LogP contribution in [0.25, 0.3) is 0 Å². The van der Waals surface area contributed by atoms with Gasteiger partial charge in [-0.25, -0.2) is 0 Å². The van der Waals surface area contributed by atoms with E-state index in [0.29, 0.717) is 6.04 Å². The van der Waals surface area contributed by atoms with Crippen molar-refractivity contribution in [3.05, 3.63) is 35.9 Å². The summed E-state index contributed by atoms with van der Waals surface area (Å²) in [5.41, 5.74) is 1.40. The van der Waals surface area contributed by atoms with Crippen LogP contribution in [0, 0.1) is 0 Å². The van der Waals surface area contributed by atoms with Gasteiger partial charge in [-0.15, -0.1) is 0 Å². The zero-order chi connectivity index (χ0) is 12.9. The molecule has 2 nitrogen and oxygen atoms in total. The minimum absolute atomic E-state index is 0.689. The predicted molar refractivity (Wildman–Crippen MR) is 80.1 cm³/mol. The van der Waals surface area contributed by atoms with Crippen molar-refractivity contribution in [3.8, 4) is 0 Å². The molecule has 1 aliphatic carbocycles. The largest absolute Gasteiger partial charge is 0.309 e. The molecule has 1 aromatic carbocycles. The molecule has 1 atom stereocenters. The highest BCUT2D eigenvalue weighted by Crippen LogP contribution is 2.26. The van der Waals surface area contributed by atoms with Gasteiger partial charge in [0.25, 0.3) is 0 Å². The zero-order valence-electron chi connectivity index (χ0n) is 11.9. The fourth-order valence-electron chi connectivity index (χ4n) is 3.63. The molecule has 0 radical (unpaired) electrons. The second-order valence-corrected chi connectivity index (χ2v) is 6.14. The van der Waals surface area contributed by atoms with Crippen LogP contribution < -0.4 is 5.32 Å².